The summed E-state index contributed by atoms with van der Waals surface area (Å²) < 4.78 is 33.7. The molecule has 6 nitrogen and oxygen atoms in total. The van der Waals surface area contributed by atoms with E-state index in [1.54, 1.807) is 49.4 Å². The van der Waals surface area contributed by atoms with Gasteiger partial charge in [0.05, 0.1) is 17.2 Å². The Morgan fingerprint density at radius 1 is 1.00 bits per heavy atom. The summed E-state index contributed by atoms with van der Waals surface area (Å²) in [5, 5.41) is 3.58. The first-order chi connectivity index (χ1) is 14.8. The number of sulfonamides is 1. The van der Waals surface area contributed by atoms with Gasteiger partial charge in [-0.1, -0.05) is 47.5 Å². The van der Waals surface area contributed by atoms with Crippen molar-refractivity contribution < 1.29 is 17.9 Å². The molecular formula is C22H20Cl2N2O4S. The lowest BCUT2D eigenvalue weighted by molar-refractivity contribution is 0.102. The first kappa shape index (κ1) is 23.1. The molecule has 9 heteroatoms. The highest BCUT2D eigenvalue weighted by Crippen LogP contribution is 2.29. The highest BCUT2D eigenvalue weighted by Gasteiger charge is 2.19. The molecule has 0 aliphatic carbocycles. The van der Waals surface area contributed by atoms with E-state index in [2.05, 4.69) is 10.0 Å². The van der Waals surface area contributed by atoms with Crippen LogP contribution in [0.15, 0.2) is 71.6 Å². The largest absolute Gasteiger partial charge is 0.492 e. The van der Waals surface area contributed by atoms with E-state index in [1.165, 1.54) is 24.3 Å². The number of nitrogens with one attached hydrogen (secondary N) is 2. The third-order valence-electron chi connectivity index (χ3n) is 4.31. The van der Waals surface area contributed by atoms with E-state index in [1.807, 2.05) is 0 Å². The molecule has 3 aromatic carbocycles. The number of amides is 1. The van der Waals surface area contributed by atoms with Gasteiger partial charge >= 0.3 is 0 Å². The highest BCUT2D eigenvalue weighted by molar-refractivity contribution is 7.89. The van der Waals surface area contributed by atoms with Crippen LogP contribution >= 0.6 is 23.2 Å². The molecule has 162 valence electrons. The summed E-state index contributed by atoms with van der Waals surface area (Å²) >= 11 is 12.1. The Morgan fingerprint density at radius 3 is 2.48 bits per heavy atom. The number of carbonyl (C=O) groups is 1. The van der Waals surface area contributed by atoms with Crippen LogP contribution in [0, 0.1) is 0 Å². The van der Waals surface area contributed by atoms with Gasteiger partial charge in [-0.3, -0.25) is 4.79 Å². The Balaban J connectivity index is 1.86. The third-order valence-corrected chi connectivity index (χ3v) is 6.31. The number of halogens is 2. The van der Waals surface area contributed by atoms with Crippen molar-refractivity contribution in [1.29, 1.82) is 0 Å². The Kier molecular flexibility index (Phi) is 7.56. The van der Waals surface area contributed by atoms with Gasteiger partial charge in [0.1, 0.15) is 5.75 Å². The van der Waals surface area contributed by atoms with Crippen LogP contribution in [-0.2, 0) is 16.6 Å². The van der Waals surface area contributed by atoms with Crippen LogP contribution in [0.25, 0.3) is 0 Å². The molecule has 0 saturated carbocycles. The first-order valence-corrected chi connectivity index (χ1v) is 11.6. The number of anilines is 1. The topological polar surface area (TPSA) is 84.5 Å². The van der Waals surface area contributed by atoms with Gasteiger partial charge in [0, 0.05) is 22.2 Å². The second-order valence-electron chi connectivity index (χ2n) is 6.47. The minimum atomic E-state index is -3.87. The average Bonchev–Trinajstić information content (AvgIpc) is 2.74. The second kappa shape index (κ2) is 10.2. The van der Waals surface area contributed by atoms with Crippen molar-refractivity contribution in [2.45, 2.75) is 18.4 Å². The van der Waals surface area contributed by atoms with Crippen molar-refractivity contribution in [2.24, 2.45) is 0 Å². The standard InChI is InChI=1S/C22H20Cl2N2O4S/c1-2-30-21-11-10-18(31(28,29)25-14-16-6-3-4-9-19(16)24)13-20(21)26-22(27)15-7-5-8-17(23)12-15/h3-13,25H,2,14H2,1H3,(H,26,27). The predicted octanol–water partition coefficient (Wildman–Crippen LogP) is 5.12. The zero-order valence-corrected chi connectivity index (χ0v) is 18.9. The summed E-state index contributed by atoms with van der Waals surface area (Å²) in [5.41, 5.74) is 1.21. The van der Waals surface area contributed by atoms with E-state index < -0.39 is 15.9 Å². The molecule has 3 aromatic rings. The molecule has 0 saturated heterocycles. The summed E-state index contributed by atoms with van der Waals surface area (Å²) in [6.07, 6.45) is 0. The molecule has 0 aromatic heterocycles. The van der Waals surface area contributed by atoms with Crippen molar-refractivity contribution in [3.05, 3.63) is 87.9 Å². The van der Waals surface area contributed by atoms with Gasteiger partial charge in [0.25, 0.3) is 5.91 Å². The van der Waals surface area contributed by atoms with Crippen LogP contribution in [0.3, 0.4) is 0 Å². The number of hydrogen-bond acceptors (Lipinski definition) is 4. The Morgan fingerprint density at radius 2 is 1.77 bits per heavy atom. The molecule has 0 unspecified atom stereocenters. The van der Waals surface area contributed by atoms with Gasteiger partial charge < -0.3 is 10.1 Å². The number of rotatable bonds is 8. The number of carbonyl (C=O) groups excluding carboxylic acids is 1. The zero-order valence-electron chi connectivity index (χ0n) is 16.6. The van der Waals surface area contributed by atoms with Crippen molar-refractivity contribution in [3.8, 4) is 5.75 Å². The summed E-state index contributed by atoms with van der Waals surface area (Å²) in [7, 11) is -3.87. The van der Waals surface area contributed by atoms with Crippen LogP contribution in [0.4, 0.5) is 5.69 Å². The summed E-state index contributed by atoms with van der Waals surface area (Å²) in [6.45, 7) is 2.16. The van der Waals surface area contributed by atoms with Gasteiger partial charge in [0.15, 0.2) is 0 Å². The van der Waals surface area contributed by atoms with Crippen molar-refractivity contribution in [3.63, 3.8) is 0 Å². The number of ether oxygens (including phenoxy) is 1. The van der Waals surface area contributed by atoms with Gasteiger partial charge in [0.2, 0.25) is 10.0 Å². The maximum Gasteiger partial charge on any atom is 0.255 e. The molecule has 0 bridgehead atoms. The van der Waals surface area contributed by atoms with Crippen molar-refractivity contribution in [1.82, 2.24) is 4.72 Å². The van der Waals surface area contributed by atoms with E-state index in [4.69, 9.17) is 27.9 Å². The fraction of sp³-hybridized carbons (Fsp3) is 0.136. The Bertz CT molecular complexity index is 1200. The lowest BCUT2D eigenvalue weighted by atomic mass is 10.2. The first-order valence-electron chi connectivity index (χ1n) is 9.37. The molecule has 0 fully saturated rings. The smallest absolute Gasteiger partial charge is 0.255 e. The predicted molar refractivity (Wildman–Crippen MR) is 122 cm³/mol. The molecular weight excluding hydrogens is 459 g/mol. The van der Waals surface area contributed by atoms with E-state index in [9.17, 15) is 13.2 Å². The minimum absolute atomic E-state index is 0.0237. The highest BCUT2D eigenvalue weighted by atomic mass is 35.5. The molecule has 0 heterocycles. The molecule has 1 amide bonds. The van der Waals surface area contributed by atoms with E-state index in [-0.39, 0.29) is 17.1 Å². The van der Waals surface area contributed by atoms with Gasteiger partial charge in [-0.15, -0.1) is 0 Å². The third kappa shape index (κ3) is 5.98. The number of hydrogen-bond donors (Lipinski definition) is 2. The van der Waals surface area contributed by atoms with Crippen molar-refractivity contribution in [2.75, 3.05) is 11.9 Å². The summed E-state index contributed by atoms with van der Waals surface area (Å²) in [6, 6.07) is 17.7. The lowest BCUT2D eigenvalue weighted by Crippen LogP contribution is -2.23. The van der Waals surface area contributed by atoms with Crippen LogP contribution in [0.5, 0.6) is 5.75 Å². The molecule has 0 radical (unpaired) electrons. The average molecular weight is 479 g/mol. The molecule has 0 atom stereocenters. The fourth-order valence-electron chi connectivity index (χ4n) is 2.78. The van der Waals surface area contributed by atoms with Gasteiger partial charge in [-0.05, 0) is 55.0 Å². The molecule has 0 aliphatic heterocycles. The summed E-state index contributed by atoms with van der Waals surface area (Å²) in [4.78, 5) is 12.6. The zero-order chi connectivity index (χ0) is 22.4. The van der Waals surface area contributed by atoms with Crippen LogP contribution < -0.4 is 14.8 Å². The molecule has 3 rings (SSSR count). The quantitative estimate of drug-likeness (QED) is 0.470. The lowest BCUT2D eigenvalue weighted by Gasteiger charge is -2.14. The maximum atomic E-state index is 12.8. The van der Waals surface area contributed by atoms with E-state index >= 15 is 0 Å². The molecule has 0 aliphatic rings. The molecule has 2 N–H and O–H groups in total. The number of benzene rings is 3. The maximum absolute atomic E-state index is 12.8. The van der Waals surface area contributed by atoms with Crippen LogP contribution in [0.1, 0.15) is 22.8 Å². The Hall–Kier alpha value is -2.58. The van der Waals surface area contributed by atoms with Crippen LogP contribution in [0.2, 0.25) is 10.0 Å². The molecule has 0 spiro atoms. The van der Waals surface area contributed by atoms with E-state index in [0.717, 1.165) is 0 Å². The SMILES string of the molecule is CCOc1ccc(S(=O)(=O)NCc2ccccc2Cl)cc1NC(=O)c1cccc(Cl)c1. The van der Waals surface area contributed by atoms with Crippen LogP contribution in [-0.4, -0.2) is 20.9 Å². The molecule has 31 heavy (non-hydrogen) atoms. The monoisotopic (exact) mass is 478 g/mol. The Labute approximate surface area is 191 Å². The van der Waals surface area contributed by atoms with Gasteiger partial charge in [-0.25, -0.2) is 13.1 Å². The van der Waals surface area contributed by atoms with Crippen molar-refractivity contribution >= 4 is 44.8 Å². The summed E-state index contributed by atoms with van der Waals surface area (Å²) in [5.74, 6) is -0.0926. The fourth-order valence-corrected chi connectivity index (χ4v) is 4.20. The normalized spacial score (nSPS) is 11.2. The minimum Gasteiger partial charge on any atom is -0.492 e. The second-order valence-corrected chi connectivity index (χ2v) is 9.08. The van der Waals surface area contributed by atoms with E-state index in [0.29, 0.717) is 33.5 Å². The van der Waals surface area contributed by atoms with Gasteiger partial charge in [-0.2, -0.15) is 0 Å².